The van der Waals surface area contributed by atoms with Gasteiger partial charge in [0, 0.05) is 18.3 Å². The SMILES string of the molecule is C=Cc1ccc(CO[C@@H]2OC(CC)[C@@H](C)[C@H](C)C2C)cn1.C=Cc1ccc(CO[C@@H]2OC(CO)[C@@H](O)[C@H](O)C2O)cn1. The molecule has 2 aromatic rings. The maximum atomic E-state index is 9.81. The van der Waals surface area contributed by atoms with Crippen molar-refractivity contribution in [3.63, 3.8) is 0 Å². The molecule has 0 amide bonds. The summed E-state index contributed by atoms with van der Waals surface area (Å²) in [6.07, 6.45) is 1.65. The van der Waals surface area contributed by atoms with Gasteiger partial charge in [0.25, 0.3) is 0 Å². The van der Waals surface area contributed by atoms with E-state index in [1.165, 1.54) is 0 Å². The number of aliphatic hydroxyl groups excluding tert-OH is 4. The van der Waals surface area contributed by atoms with Crippen molar-refractivity contribution in [1.29, 1.82) is 0 Å². The zero-order valence-electron chi connectivity index (χ0n) is 25.0. The molecule has 42 heavy (non-hydrogen) atoms. The molecule has 2 saturated heterocycles. The van der Waals surface area contributed by atoms with Crippen LogP contribution in [0.5, 0.6) is 0 Å². The van der Waals surface area contributed by atoms with Gasteiger partial charge in [0.15, 0.2) is 12.6 Å². The van der Waals surface area contributed by atoms with Gasteiger partial charge in [0.05, 0.1) is 37.3 Å². The van der Waals surface area contributed by atoms with E-state index in [-0.39, 0.29) is 12.9 Å². The van der Waals surface area contributed by atoms with Gasteiger partial charge in [-0.3, -0.25) is 9.97 Å². The van der Waals surface area contributed by atoms with Crippen LogP contribution < -0.4 is 0 Å². The molecular weight excluding hydrogens is 540 g/mol. The first-order chi connectivity index (χ1) is 20.1. The van der Waals surface area contributed by atoms with Crippen molar-refractivity contribution >= 4 is 12.2 Å². The lowest BCUT2D eigenvalue weighted by Gasteiger charge is -2.43. The average molecular weight is 587 g/mol. The van der Waals surface area contributed by atoms with Crippen LogP contribution in [0.15, 0.2) is 49.8 Å². The maximum Gasteiger partial charge on any atom is 0.187 e. The molecule has 2 fully saturated rings. The molecule has 10 nitrogen and oxygen atoms in total. The third-order valence-electron chi connectivity index (χ3n) is 8.18. The zero-order valence-corrected chi connectivity index (χ0v) is 25.0. The van der Waals surface area contributed by atoms with Crippen LogP contribution in [0.4, 0.5) is 0 Å². The van der Waals surface area contributed by atoms with Crippen LogP contribution in [-0.4, -0.2) is 80.1 Å². The standard InChI is InChI=1S/C18H27NO2.C14H19NO6/c1-6-16-9-8-15(10-19-16)11-20-18-14(5)12(3)13(4)17(7-2)21-18;1-2-9-4-3-8(5-15-9)7-20-14-13(19)12(18)11(17)10(6-16)21-14/h6,8-10,12-14,17-18H,1,7,11H2,2-5H3;2-5,10-14,16-19H,1,6-7H2/t12-,13-,14?,17?,18+;10?,11-,12+,13?,14-/m01/s1. The lowest BCUT2D eigenvalue weighted by Crippen LogP contribution is -2.59. The Bertz CT molecular complexity index is 1010. The summed E-state index contributed by atoms with van der Waals surface area (Å²) in [7, 11) is 0. The normalized spacial score (nSPS) is 32.9. The number of hydrogen-bond acceptors (Lipinski definition) is 10. The molecular formula is C32H46N2O8. The number of nitrogens with zero attached hydrogens (tertiary/aromatic N) is 2. The summed E-state index contributed by atoms with van der Waals surface area (Å²) < 4.78 is 22.8. The molecule has 4 N–H and O–H groups in total. The molecule has 10 atom stereocenters. The van der Waals surface area contributed by atoms with Crippen LogP contribution >= 0.6 is 0 Å². The topological polar surface area (TPSA) is 144 Å². The molecule has 232 valence electrons. The Morgan fingerprint density at radius 1 is 0.738 bits per heavy atom. The fraction of sp³-hybridized carbons (Fsp3) is 0.562. The molecule has 2 aromatic heterocycles. The van der Waals surface area contributed by atoms with E-state index in [0.717, 1.165) is 28.9 Å². The van der Waals surface area contributed by atoms with Gasteiger partial charge in [-0.25, -0.2) is 0 Å². The number of ether oxygens (including phenoxy) is 4. The quantitative estimate of drug-likeness (QED) is 0.327. The molecule has 0 spiro atoms. The Kier molecular flexibility index (Phi) is 13.2. The predicted molar refractivity (Wildman–Crippen MR) is 158 cm³/mol. The molecule has 4 rings (SSSR count). The molecule has 0 aromatic carbocycles. The van der Waals surface area contributed by atoms with Crippen LogP contribution in [0.2, 0.25) is 0 Å². The molecule has 4 heterocycles. The monoisotopic (exact) mass is 586 g/mol. The summed E-state index contributed by atoms with van der Waals surface area (Å²) in [6, 6.07) is 7.53. The van der Waals surface area contributed by atoms with Crippen molar-refractivity contribution in [2.24, 2.45) is 17.8 Å². The van der Waals surface area contributed by atoms with Gasteiger partial charge >= 0.3 is 0 Å². The van der Waals surface area contributed by atoms with E-state index in [9.17, 15) is 15.3 Å². The van der Waals surface area contributed by atoms with Gasteiger partial charge in [-0.1, -0.05) is 53.0 Å². The van der Waals surface area contributed by atoms with E-state index in [1.54, 1.807) is 30.5 Å². The molecule has 0 radical (unpaired) electrons. The third kappa shape index (κ3) is 8.75. The molecule has 0 bridgehead atoms. The minimum Gasteiger partial charge on any atom is -0.394 e. The van der Waals surface area contributed by atoms with E-state index < -0.39 is 37.3 Å². The van der Waals surface area contributed by atoms with E-state index in [2.05, 4.69) is 50.8 Å². The highest BCUT2D eigenvalue weighted by atomic mass is 16.7. The van der Waals surface area contributed by atoms with Crippen LogP contribution in [-0.2, 0) is 32.2 Å². The molecule has 2 aliphatic rings. The van der Waals surface area contributed by atoms with Gasteiger partial charge < -0.3 is 39.4 Å². The third-order valence-corrected chi connectivity index (χ3v) is 8.18. The second kappa shape index (κ2) is 16.3. The Labute approximate surface area is 248 Å². The molecule has 0 saturated carbocycles. The van der Waals surface area contributed by atoms with E-state index in [0.29, 0.717) is 30.5 Å². The van der Waals surface area contributed by atoms with Crippen molar-refractivity contribution in [2.75, 3.05) is 6.61 Å². The molecule has 2 aliphatic heterocycles. The van der Waals surface area contributed by atoms with Crippen molar-refractivity contribution < 1.29 is 39.4 Å². The van der Waals surface area contributed by atoms with Crippen LogP contribution in [0, 0.1) is 17.8 Å². The van der Waals surface area contributed by atoms with Gasteiger partial charge in [-0.15, -0.1) is 0 Å². The molecule has 10 heteroatoms. The summed E-state index contributed by atoms with van der Waals surface area (Å²) in [5.74, 6) is 1.59. The lowest BCUT2D eigenvalue weighted by atomic mass is 9.78. The minimum absolute atomic E-state index is 0.104. The Hall–Kier alpha value is -2.54. The number of hydrogen-bond donors (Lipinski definition) is 4. The van der Waals surface area contributed by atoms with Crippen molar-refractivity contribution in [2.45, 2.75) is 90.4 Å². The highest BCUT2D eigenvalue weighted by Gasteiger charge is 2.44. The van der Waals surface area contributed by atoms with Gasteiger partial charge in [0.2, 0.25) is 0 Å². The maximum absolute atomic E-state index is 9.81. The summed E-state index contributed by atoms with van der Waals surface area (Å²) >= 11 is 0. The number of aromatic nitrogens is 2. The minimum atomic E-state index is -1.44. The first kappa shape index (κ1) is 34.0. The fourth-order valence-corrected chi connectivity index (χ4v) is 4.99. The van der Waals surface area contributed by atoms with Gasteiger partial charge in [-0.05, 0) is 53.7 Å². The predicted octanol–water partition coefficient (Wildman–Crippen LogP) is 3.33. The van der Waals surface area contributed by atoms with Crippen molar-refractivity contribution in [3.8, 4) is 0 Å². The highest BCUT2D eigenvalue weighted by molar-refractivity contribution is 5.41. The zero-order chi connectivity index (χ0) is 30.8. The van der Waals surface area contributed by atoms with Gasteiger partial charge in [0.1, 0.15) is 24.4 Å². The second-order valence-corrected chi connectivity index (χ2v) is 10.9. The lowest BCUT2D eigenvalue weighted by molar-refractivity contribution is -0.304. The largest absolute Gasteiger partial charge is 0.394 e. The summed E-state index contributed by atoms with van der Waals surface area (Å²) in [4.78, 5) is 8.41. The van der Waals surface area contributed by atoms with Crippen molar-refractivity contribution in [3.05, 3.63) is 72.3 Å². The van der Waals surface area contributed by atoms with Gasteiger partial charge in [-0.2, -0.15) is 0 Å². The smallest absolute Gasteiger partial charge is 0.187 e. The number of rotatable bonds is 10. The summed E-state index contributed by atoms with van der Waals surface area (Å²) in [5.41, 5.74) is 3.43. The van der Waals surface area contributed by atoms with Crippen LogP contribution in [0.25, 0.3) is 12.2 Å². The van der Waals surface area contributed by atoms with E-state index in [4.69, 9.17) is 24.1 Å². The first-order valence-corrected chi connectivity index (χ1v) is 14.5. The Balaban J connectivity index is 0.000000230. The second-order valence-electron chi connectivity index (χ2n) is 10.9. The molecule has 0 aliphatic carbocycles. The molecule has 4 unspecified atom stereocenters. The number of pyridine rings is 2. The average Bonchev–Trinajstić information content (AvgIpc) is 3.02. The van der Waals surface area contributed by atoms with E-state index in [1.807, 2.05) is 18.3 Å². The van der Waals surface area contributed by atoms with Crippen molar-refractivity contribution in [1.82, 2.24) is 9.97 Å². The van der Waals surface area contributed by atoms with E-state index >= 15 is 0 Å². The highest BCUT2D eigenvalue weighted by Crippen LogP contribution is 2.36. The Morgan fingerprint density at radius 3 is 1.71 bits per heavy atom. The fourth-order valence-electron chi connectivity index (χ4n) is 4.99. The Morgan fingerprint density at radius 2 is 1.26 bits per heavy atom. The first-order valence-electron chi connectivity index (χ1n) is 14.5. The van der Waals surface area contributed by atoms with Crippen LogP contribution in [0.1, 0.15) is 56.6 Å². The van der Waals surface area contributed by atoms with Crippen LogP contribution in [0.3, 0.4) is 0 Å². The summed E-state index contributed by atoms with van der Waals surface area (Å²) in [6.45, 7) is 16.5. The summed E-state index contributed by atoms with van der Waals surface area (Å²) in [5, 5.41) is 38.2. The number of aliphatic hydroxyl groups is 4.